The van der Waals surface area contributed by atoms with Gasteiger partial charge in [0.25, 0.3) is 5.17 Å². The highest BCUT2D eigenvalue weighted by atomic mass is 32.1. The van der Waals surface area contributed by atoms with Gasteiger partial charge in [-0.1, -0.05) is 0 Å². The molecule has 26 heavy (non-hydrogen) atoms. The van der Waals surface area contributed by atoms with E-state index in [4.69, 9.17) is 21.7 Å². The van der Waals surface area contributed by atoms with Gasteiger partial charge in [0.15, 0.2) is 0 Å². The van der Waals surface area contributed by atoms with Gasteiger partial charge >= 0.3 is 5.97 Å². The van der Waals surface area contributed by atoms with Gasteiger partial charge in [0.1, 0.15) is 5.75 Å². The number of hydrogen-bond acceptors (Lipinski definition) is 4. The van der Waals surface area contributed by atoms with E-state index in [9.17, 15) is 4.79 Å². The van der Waals surface area contributed by atoms with Gasteiger partial charge in [-0.05, 0) is 92.1 Å². The molecule has 4 nitrogen and oxygen atoms in total. The highest BCUT2D eigenvalue weighted by Crippen LogP contribution is 2.62. The topological polar surface area (TPSA) is 38.8 Å². The third-order valence-electron chi connectivity index (χ3n) is 6.57. The van der Waals surface area contributed by atoms with Crippen molar-refractivity contribution in [2.24, 2.45) is 17.8 Å². The largest absolute Gasteiger partial charge is 0.465 e. The van der Waals surface area contributed by atoms with Crippen molar-refractivity contribution >= 4 is 23.4 Å². The Morgan fingerprint density at radius 1 is 1.12 bits per heavy atom. The molecule has 0 atom stereocenters. The molecule has 0 aliphatic heterocycles. The van der Waals surface area contributed by atoms with Crippen LogP contribution in [0.1, 0.15) is 54.4 Å². The summed E-state index contributed by atoms with van der Waals surface area (Å²) in [5.74, 6) is 2.96. The lowest BCUT2D eigenvalue weighted by molar-refractivity contribution is -0.00593. The van der Waals surface area contributed by atoms with Crippen LogP contribution in [0.2, 0.25) is 0 Å². The van der Waals surface area contributed by atoms with E-state index in [1.54, 1.807) is 11.0 Å². The van der Waals surface area contributed by atoms with Crippen LogP contribution in [0.15, 0.2) is 18.2 Å². The van der Waals surface area contributed by atoms with Crippen LogP contribution in [0.5, 0.6) is 5.75 Å². The Morgan fingerprint density at radius 2 is 1.69 bits per heavy atom. The molecule has 0 amide bonds. The van der Waals surface area contributed by atoms with Crippen LogP contribution in [-0.4, -0.2) is 37.2 Å². The van der Waals surface area contributed by atoms with E-state index in [-0.39, 0.29) is 11.4 Å². The van der Waals surface area contributed by atoms with Gasteiger partial charge in [-0.2, -0.15) is 0 Å². The maximum Gasteiger partial charge on any atom is 0.337 e. The molecular formula is C21H27NO3S. The van der Waals surface area contributed by atoms with Crippen molar-refractivity contribution in [2.45, 2.75) is 43.9 Å². The number of carbonyl (C=O) groups excluding carboxylic acids is 1. The monoisotopic (exact) mass is 373 g/mol. The van der Waals surface area contributed by atoms with Crippen molar-refractivity contribution in [3.8, 4) is 5.75 Å². The number of esters is 1. The fraction of sp³-hybridized carbons (Fsp3) is 0.619. The molecule has 5 rings (SSSR count). The molecule has 1 aromatic carbocycles. The summed E-state index contributed by atoms with van der Waals surface area (Å²) < 4.78 is 11.0. The molecule has 1 aromatic rings. The molecule has 4 bridgehead atoms. The predicted octanol–water partition coefficient (Wildman–Crippen LogP) is 4.17. The number of thiocarbonyl (C=S) groups is 1. The van der Waals surface area contributed by atoms with Crippen molar-refractivity contribution in [1.29, 1.82) is 0 Å². The van der Waals surface area contributed by atoms with Crippen LogP contribution < -0.4 is 4.74 Å². The minimum atomic E-state index is -0.294. The molecule has 4 fully saturated rings. The number of hydrogen-bond donors (Lipinski definition) is 0. The second-order valence-corrected chi connectivity index (χ2v) is 9.01. The highest BCUT2D eigenvalue weighted by molar-refractivity contribution is 7.80. The van der Waals surface area contributed by atoms with Gasteiger partial charge in [-0.15, -0.1) is 0 Å². The maximum absolute atomic E-state index is 12.1. The third kappa shape index (κ3) is 3.00. The lowest BCUT2D eigenvalue weighted by atomic mass is 9.48. The highest BCUT2D eigenvalue weighted by Gasteiger charge is 2.52. The van der Waals surface area contributed by atoms with E-state index in [0.29, 0.717) is 10.7 Å². The zero-order valence-corrected chi connectivity index (χ0v) is 16.6. The van der Waals surface area contributed by atoms with Crippen molar-refractivity contribution in [3.05, 3.63) is 29.3 Å². The smallest absolute Gasteiger partial charge is 0.337 e. The fourth-order valence-corrected chi connectivity index (χ4v) is 5.99. The predicted molar refractivity (Wildman–Crippen MR) is 105 cm³/mol. The van der Waals surface area contributed by atoms with Crippen LogP contribution >= 0.6 is 12.2 Å². The van der Waals surface area contributed by atoms with Crippen LogP contribution in [0.3, 0.4) is 0 Å². The van der Waals surface area contributed by atoms with E-state index in [2.05, 4.69) is 0 Å². The molecule has 0 heterocycles. The summed E-state index contributed by atoms with van der Waals surface area (Å²) in [5.41, 5.74) is 1.88. The van der Waals surface area contributed by atoms with Crippen LogP contribution in [-0.2, 0) is 10.2 Å². The first kappa shape index (κ1) is 17.8. The Hall–Kier alpha value is -1.62. The van der Waals surface area contributed by atoms with E-state index in [1.165, 1.54) is 45.6 Å². The van der Waals surface area contributed by atoms with E-state index < -0.39 is 0 Å². The second-order valence-electron chi connectivity index (χ2n) is 8.66. The average molecular weight is 374 g/mol. The Balaban J connectivity index is 1.77. The van der Waals surface area contributed by atoms with Gasteiger partial charge in [0.05, 0.1) is 12.7 Å². The number of benzene rings is 1. The van der Waals surface area contributed by atoms with Crippen molar-refractivity contribution in [2.75, 3.05) is 21.2 Å². The van der Waals surface area contributed by atoms with E-state index >= 15 is 0 Å². The van der Waals surface area contributed by atoms with Crippen LogP contribution in [0.25, 0.3) is 0 Å². The Labute approximate surface area is 160 Å². The molecule has 140 valence electrons. The quantitative estimate of drug-likeness (QED) is 0.587. The first-order valence-corrected chi connectivity index (χ1v) is 9.93. The summed E-state index contributed by atoms with van der Waals surface area (Å²) in [6, 6.07) is 5.69. The summed E-state index contributed by atoms with van der Waals surface area (Å²) in [4.78, 5) is 13.9. The van der Waals surface area contributed by atoms with Gasteiger partial charge < -0.3 is 14.4 Å². The number of methoxy groups -OCH3 is 1. The van der Waals surface area contributed by atoms with E-state index in [0.717, 1.165) is 29.1 Å². The Bertz CT molecular complexity index is 707. The molecule has 0 radical (unpaired) electrons. The molecule has 4 aliphatic rings. The summed E-state index contributed by atoms with van der Waals surface area (Å²) in [5, 5.41) is 0.446. The number of ether oxygens (including phenoxy) is 2. The first-order valence-electron chi connectivity index (χ1n) is 9.52. The average Bonchev–Trinajstić information content (AvgIpc) is 2.60. The number of nitrogens with zero attached hydrogens (tertiary/aromatic N) is 1. The second kappa shape index (κ2) is 6.52. The standard InChI is InChI=1S/C21H27NO3S/c1-22(2)20(26)25-18-5-4-16(19(23)24-3)9-17(18)21-10-13-6-14(11-21)8-15(7-13)12-21/h4-5,9,13-15H,6-8,10-12H2,1-3H3. The first-order chi connectivity index (χ1) is 12.4. The van der Waals surface area contributed by atoms with Gasteiger partial charge in [-0.25, -0.2) is 4.79 Å². The maximum atomic E-state index is 12.1. The molecular weight excluding hydrogens is 346 g/mol. The minimum absolute atomic E-state index is 0.121. The molecule has 0 unspecified atom stereocenters. The fourth-order valence-electron chi connectivity index (χ4n) is 5.90. The van der Waals surface area contributed by atoms with Crippen molar-refractivity contribution < 1.29 is 14.3 Å². The zero-order valence-electron chi connectivity index (χ0n) is 15.8. The van der Waals surface area contributed by atoms with Crippen molar-refractivity contribution in [3.63, 3.8) is 0 Å². The van der Waals surface area contributed by atoms with Crippen LogP contribution in [0, 0.1) is 17.8 Å². The minimum Gasteiger partial charge on any atom is -0.465 e. The summed E-state index contributed by atoms with van der Waals surface area (Å²) in [7, 11) is 5.20. The molecule has 4 saturated carbocycles. The third-order valence-corrected chi connectivity index (χ3v) is 7.02. The Morgan fingerprint density at radius 3 is 2.19 bits per heavy atom. The summed E-state index contributed by atoms with van der Waals surface area (Å²) >= 11 is 5.38. The van der Waals surface area contributed by atoms with Gasteiger partial charge in [0.2, 0.25) is 0 Å². The molecule has 0 spiro atoms. The van der Waals surface area contributed by atoms with Gasteiger partial charge in [-0.3, -0.25) is 0 Å². The van der Waals surface area contributed by atoms with Crippen LogP contribution in [0.4, 0.5) is 0 Å². The molecule has 0 saturated heterocycles. The number of carbonyl (C=O) groups is 1. The molecule has 5 heteroatoms. The number of rotatable bonds is 3. The summed E-state index contributed by atoms with van der Waals surface area (Å²) in [6.45, 7) is 0. The SMILES string of the molecule is COC(=O)c1ccc(OC(=S)N(C)C)c(C23CC4CC(CC(C4)C2)C3)c1. The normalized spacial score (nSPS) is 31.6. The van der Waals surface area contributed by atoms with E-state index in [1.807, 2.05) is 26.2 Å². The Kier molecular flexibility index (Phi) is 4.46. The van der Waals surface area contributed by atoms with Crippen molar-refractivity contribution in [1.82, 2.24) is 4.90 Å². The van der Waals surface area contributed by atoms with Gasteiger partial charge in [0, 0.05) is 19.7 Å². The molecule has 0 N–H and O–H groups in total. The summed E-state index contributed by atoms with van der Waals surface area (Å²) in [6.07, 6.45) is 7.74. The molecule has 4 aliphatic carbocycles. The lowest BCUT2D eigenvalue weighted by Crippen LogP contribution is -2.48. The lowest BCUT2D eigenvalue weighted by Gasteiger charge is -2.57. The zero-order chi connectivity index (χ0) is 18.5. The molecule has 0 aromatic heterocycles.